The van der Waals surface area contributed by atoms with Crippen LogP contribution in [0.2, 0.25) is 0 Å². The number of urea groups is 1. The topological polar surface area (TPSA) is 86.5 Å². The van der Waals surface area contributed by atoms with Crippen LogP contribution in [0, 0.1) is 0 Å². The standard InChI is InChI=1S/C25H33N9O/c1-18(2)34-17-27-29-24(34)21-6-5-7-23(28-21)33-15-14-32(25(33)35)20-8-9-22(26-16-20)31-12-10-19(11-13-31)30(3)4/h5-9,16-19H,10-15H2,1-4H3. The second-order valence-electron chi connectivity index (χ2n) is 9.68. The zero-order chi connectivity index (χ0) is 24.5. The Hall–Kier alpha value is -3.53. The molecular weight excluding hydrogens is 442 g/mol. The minimum absolute atomic E-state index is 0.0960. The Morgan fingerprint density at radius 1 is 0.971 bits per heavy atom. The maximum atomic E-state index is 13.3. The van der Waals surface area contributed by atoms with E-state index in [1.165, 1.54) is 0 Å². The van der Waals surface area contributed by atoms with E-state index in [1.807, 2.05) is 41.1 Å². The molecule has 3 aromatic rings. The van der Waals surface area contributed by atoms with E-state index in [9.17, 15) is 4.79 Å². The number of anilines is 3. The Labute approximate surface area is 206 Å². The molecular formula is C25H33N9O. The first-order valence-electron chi connectivity index (χ1n) is 12.3. The lowest BCUT2D eigenvalue weighted by Gasteiger charge is -2.35. The molecule has 2 aliphatic heterocycles. The molecule has 0 N–H and O–H groups in total. The number of piperidine rings is 1. The predicted molar refractivity (Wildman–Crippen MR) is 137 cm³/mol. The minimum Gasteiger partial charge on any atom is -0.357 e. The molecule has 0 saturated carbocycles. The van der Waals surface area contributed by atoms with Gasteiger partial charge in [-0.15, -0.1) is 10.2 Å². The van der Waals surface area contributed by atoms with E-state index < -0.39 is 0 Å². The predicted octanol–water partition coefficient (Wildman–Crippen LogP) is 3.29. The van der Waals surface area contributed by atoms with Gasteiger partial charge in [0.25, 0.3) is 0 Å². The van der Waals surface area contributed by atoms with E-state index in [-0.39, 0.29) is 12.1 Å². The SMILES string of the molecule is CC(C)n1cnnc1-c1cccc(N2CCN(c3ccc(N4CCC(N(C)C)CC4)nc3)C2=O)n1. The first-order valence-corrected chi connectivity index (χ1v) is 12.3. The lowest BCUT2D eigenvalue weighted by atomic mass is 10.0. The average Bonchev–Trinajstić information content (AvgIpc) is 3.52. The molecule has 2 fully saturated rings. The molecule has 3 aromatic heterocycles. The average molecular weight is 476 g/mol. The van der Waals surface area contributed by atoms with Crippen LogP contribution in [0.1, 0.15) is 32.7 Å². The van der Waals surface area contributed by atoms with Gasteiger partial charge in [0.15, 0.2) is 5.82 Å². The molecule has 0 unspecified atom stereocenters. The lowest BCUT2D eigenvalue weighted by Crippen LogP contribution is -2.42. The molecule has 10 heteroatoms. The molecule has 35 heavy (non-hydrogen) atoms. The number of nitrogens with zero attached hydrogens (tertiary/aromatic N) is 9. The largest absolute Gasteiger partial charge is 0.357 e. The molecule has 184 valence electrons. The van der Waals surface area contributed by atoms with Crippen molar-refractivity contribution in [1.29, 1.82) is 0 Å². The maximum absolute atomic E-state index is 13.3. The van der Waals surface area contributed by atoms with Gasteiger partial charge in [-0.05, 0) is 65.0 Å². The summed E-state index contributed by atoms with van der Waals surface area (Å²) in [5.41, 5.74) is 1.50. The van der Waals surface area contributed by atoms with Gasteiger partial charge in [-0.3, -0.25) is 9.80 Å². The highest BCUT2D eigenvalue weighted by atomic mass is 16.2. The fraction of sp³-hybridized carbons (Fsp3) is 0.480. The van der Waals surface area contributed by atoms with E-state index in [4.69, 9.17) is 4.98 Å². The number of aromatic nitrogens is 5. The minimum atomic E-state index is -0.0960. The third-order valence-corrected chi connectivity index (χ3v) is 6.94. The van der Waals surface area contributed by atoms with Crippen LogP contribution in [0.3, 0.4) is 0 Å². The molecule has 2 aliphatic rings. The molecule has 5 rings (SSSR count). The third kappa shape index (κ3) is 4.58. The molecule has 2 saturated heterocycles. The van der Waals surface area contributed by atoms with Crippen LogP contribution >= 0.6 is 0 Å². The number of pyridine rings is 2. The van der Waals surface area contributed by atoms with Gasteiger partial charge < -0.3 is 14.4 Å². The highest BCUT2D eigenvalue weighted by Gasteiger charge is 2.32. The first-order chi connectivity index (χ1) is 16.9. The van der Waals surface area contributed by atoms with E-state index in [1.54, 1.807) is 16.1 Å². The molecule has 0 aliphatic carbocycles. The second-order valence-corrected chi connectivity index (χ2v) is 9.68. The van der Waals surface area contributed by atoms with Crippen molar-refractivity contribution in [2.45, 2.75) is 38.8 Å². The summed E-state index contributed by atoms with van der Waals surface area (Å²) in [6, 6.07) is 10.4. The van der Waals surface area contributed by atoms with E-state index in [0.29, 0.717) is 36.5 Å². The highest BCUT2D eigenvalue weighted by Crippen LogP contribution is 2.28. The summed E-state index contributed by atoms with van der Waals surface area (Å²) >= 11 is 0. The van der Waals surface area contributed by atoms with Crippen LogP contribution in [-0.4, -0.2) is 82.0 Å². The van der Waals surface area contributed by atoms with E-state index in [2.05, 4.69) is 52.9 Å². The maximum Gasteiger partial charge on any atom is 0.330 e. The van der Waals surface area contributed by atoms with Gasteiger partial charge in [0, 0.05) is 38.3 Å². The Balaban J connectivity index is 1.28. The summed E-state index contributed by atoms with van der Waals surface area (Å²) in [6.45, 7) is 7.29. The van der Waals surface area contributed by atoms with E-state index in [0.717, 1.165) is 37.4 Å². The molecule has 0 aromatic carbocycles. The number of carbonyl (C=O) groups excluding carboxylic acids is 1. The second kappa shape index (κ2) is 9.61. The smallest absolute Gasteiger partial charge is 0.330 e. The van der Waals surface area contributed by atoms with Crippen molar-refractivity contribution in [2.75, 3.05) is 55.0 Å². The van der Waals surface area contributed by atoms with Gasteiger partial charge in [0.2, 0.25) is 0 Å². The summed E-state index contributed by atoms with van der Waals surface area (Å²) in [5, 5.41) is 8.28. The summed E-state index contributed by atoms with van der Waals surface area (Å²) in [4.78, 5) is 30.8. The quantitative estimate of drug-likeness (QED) is 0.541. The van der Waals surface area contributed by atoms with Crippen LogP contribution in [0.25, 0.3) is 11.5 Å². The van der Waals surface area contributed by atoms with Crippen molar-refractivity contribution < 1.29 is 4.79 Å². The monoisotopic (exact) mass is 475 g/mol. The zero-order valence-corrected chi connectivity index (χ0v) is 20.9. The van der Waals surface area contributed by atoms with Gasteiger partial charge in [-0.2, -0.15) is 0 Å². The molecule has 0 atom stereocenters. The number of hydrogen-bond donors (Lipinski definition) is 0. The van der Waals surface area contributed by atoms with Crippen LogP contribution in [0.4, 0.5) is 22.1 Å². The molecule has 2 amide bonds. The summed E-state index contributed by atoms with van der Waals surface area (Å²) in [7, 11) is 4.29. The first kappa shape index (κ1) is 23.2. The lowest BCUT2D eigenvalue weighted by molar-refractivity contribution is 0.249. The Morgan fingerprint density at radius 2 is 1.74 bits per heavy atom. The third-order valence-electron chi connectivity index (χ3n) is 6.94. The fourth-order valence-electron chi connectivity index (χ4n) is 4.83. The van der Waals surface area contributed by atoms with Crippen LogP contribution in [-0.2, 0) is 0 Å². The van der Waals surface area contributed by atoms with Gasteiger partial charge >= 0.3 is 6.03 Å². The van der Waals surface area contributed by atoms with Crippen molar-refractivity contribution in [3.63, 3.8) is 0 Å². The van der Waals surface area contributed by atoms with Crippen molar-refractivity contribution in [1.82, 2.24) is 29.6 Å². The summed E-state index contributed by atoms with van der Waals surface area (Å²) in [6.07, 6.45) is 5.78. The molecule has 0 spiro atoms. The van der Waals surface area contributed by atoms with E-state index >= 15 is 0 Å². The van der Waals surface area contributed by atoms with Gasteiger partial charge in [-0.25, -0.2) is 14.8 Å². The number of amides is 2. The fourth-order valence-corrected chi connectivity index (χ4v) is 4.83. The van der Waals surface area contributed by atoms with Crippen molar-refractivity contribution in [2.24, 2.45) is 0 Å². The zero-order valence-electron chi connectivity index (χ0n) is 20.9. The van der Waals surface area contributed by atoms with Gasteiger partial charge in [0.05, 0.1) is 11.9 Å². The van der Waals surface area contributed by atoms with Crippen molar-refractivity contribution in [3.8, 4) is 11.5 Å². The van der Waals surface area contributed by atoms with Crippen molar-refractivity contribution >= 4 is 23.4 Å². The van der Waals surface area contributed by atoms with Gasteiger partial charge in [0.1, 0.15) is 23.7 Å². The number of hydrogen-bond acceptors (Lipinski definition) is 7. The van der Waals surface area contributed by atoms with Crippen LogP contribution in [0.5, 0.6) is 0 Å². The van der Waals surface area contributed by atoms with Crippen LogP contribution < -0.4 is 14.7 Å². The highest BCUT2D eigenvalue weighted by molar-refractivity contribution is 6.05. The molecule has 0 bridgehead atoms. The summed E-state index contributed by atoms with van der Waals surface area (Å²) in [5.74, 6) is 2.28. The molecule has 10 nitrogen and oxygen atoms in total. The number of rotatable bonds is 6. The van der Waals surface area contributed by atoms with Gasteiger partial charge in [-0.1, -0.05) is 6.07 Å². The normalized spacial score (nSPS) is 17.3. The Kier molecular flexibility index (Phi) is 6.38. The summed E-state index contributed by atoms with van der Waals surface area (Å²) < 4.78 is 1.97. The molecule has 0 radical (unpaired) electrons. The Bertz CT molecular complexity index is 1170. The van der Waals surface area contributed by atoms with Crippen molar-refractivity contribution in [3.05, 3.63) is 42.9 Å². The van der Waals surface area contributed by atoms with Crippen LogP contribution in [0.15, 0.2) is 42.9 Å². The molecule has 5 heterocycles. The Morgan fingerprint density at radius 3 is 2.43 bits per heavy atom. The number of carbonyl (C=O) groups is 1.